The first-order valence-electron chi connectivity index (χ1n) is 9.31. The van der Waals surface area contributed by atoms with Gasteiger partial charge in [0, 0.05) is 26.2 Å². The topological polar surface area (TPSA) is 53.1 Å². The molecule has 0 unspecified atom stereocenters. The Morgan fingerprint density at radius 2 is 1.62 bits per heavy atom. The largest absolute Gasteiger partial charge is 0.444 e. The van der Waals surface area contributed by atoms with Crippen molar-refractivity contribution in [2.75, 3.05) is 20.1 Å². The summed E-state index contributed by atoms with van der Waals surface area (Å²) in [6.45, 7) is 7.01. The number of carbonyl (C=O) groups is 2. The van der Waals surface area contributed by atoms with Gasteiger partial charge in [-0.05, 0) is 46.5 Å². The van der Waals surface area contributed by atoms with E-state index in [4.69, 9.17) is 4.74 Å². The van der Waals surface area contributed by atoms with Gasteiger partial charge in [0.25, 0.3) is 0 Å². The molecule has 3 aliphatic rings. The zero-order valence-corrected chi connectivity index (χ0v) is 15.5. The van der Waals surface area contributed by atoms with Crippen LogP contribution in [0.15, 0.2) is 0 Å². The summed E-state index contributed by atoms with van der Waals surface area (Å²) in [7, 11) is 1.95. The van der Waals surface area contributed by atoms with E-state index in [1.807, 2.05) is 32.7 Å². The molecule has 136 valence electrons. The van der Waals surface area contributed by atoms with Crippen LogP contribution in [0.2, 0.25) is 0 Å². The maximum Gasteiger partial charge on any atom is 0.410 e. The summed E-state index contributed by atoms with van der Waals surface area (Å²) in [5.41, 5.74) is -0.461. The number of hydrogen-bond donors (Lipinski definition) is 0. The van der Waals surface area contributed by atoms with Crippen LogP contribution in [0.4, 0.5) is 9.59 Å². The van der Waals surface area contributed by atoms with Crippen LogP contribution in [0, 0.1) is 0 Å². The lowest BCUT2D eigenvalue weighted by atomic mass is 9.89. The third kappa shape index (κ3) is 3.33. The molecule has 3 fully saturated rings. The van der Waals surface area contributed by atoms with Crippen LogP contribution in [0.3, 0.4) is 0 Å². The molecule has 2 atom stereocenters. The summed E-state index contributed by atoms with van der Waals surface area (Å²) < 4.78 is 5.46. The Morgan fingerprint density at radius 1 is 1.04 bits per heavy atom. The Morgan fingerprint density at radius 3 is 2.21 bits per heavy atom. The number of ether oxygens (including phenoxy) is 1. The summed E-state index contributed by atoms with van der Waals surface area (Å²) in [5, 5.41) is 0. The Kier molecular flexibility index (Phi) is 4.67. The van der Waals surface area contributed by atoms with E-state index < -0.39 is 5.60 Å². The fraction of sp³-hybridized carbons (Fsp3) is 0.889. The van der Waals surface area contributed by atoms with E-state index in [-0.39, 0.29) is 18.2 Å². The lowest BCUT2D eigenvalue weighted by molar-refractivity contribution is 0.0151. The first-order chi connectivity index (χ1) is 11.3. The van der Waals surface area contributed by atoms with E-state index >= 15 is 0 Å². The Balaban J connectivity index is 1.60. The maximum atomic E-state index is 12.7. The normalized spacial score (nSPS) is 29.0. The van der Waals surface area contributed by atoms with Crippen LogP contribution in [0.25, 0.3) is 0 Å². The molecule has 24 heavy (non-hydrogen) atoms. The number of hydrogen-bond acceptors (Lipinski definition) is 3. The zero-order chi connectivity index (χ0) is 17.5. The first kappa shape index (κ1) is 17.4. The van der Waals surface area contributed by atoms with Crippen molar-refractivity contribution in [1.82, 2.24) is 14.7 Å². The molecule has 0 aromatic carbocycles. The number of fused-ring (bicyclic) bond motifs is 1. The Labute approximate surface area is 145 Å². The molecule has 1 aliphatic carbocycles. The molecule has 2 saturated heterocycles. The number of rotatable bonds is 1. The molecular formula is C18H31N3O3. The minimum atomic E-state index is -0.461. The average Bonchev–Trinajstić information content (AvgIpc) is 2.78. The van der Waals surface area contributed by atoms with Crippen molar-refractivity contribution >= 4 is 12.1 Å². The third-order valence-corrected chi connectivity index (χ3v) is 5.58. The smallest absolute Gasteiger partial charge is 0.410 e. The van der Waals surface area contributed by atoms with Crippen molar-refractivity contribution in [3.63, 3.8) is 0 Å². The molecule has 0 spiro atoms. The third-order valence-electron chi connectivity index (χ3n) is 5.58. The fourth-order valence-corrected chi connectivity index (χ4v) is 4.41. The monoisotopic (exact) mass is 337 g/mol. The van der Waals surface area contributed by atoms with E-state index in [9.17, 15) is 9.59 Å². The van der Waals surface area contributed by atoms with Crippen LogP contribution < -0.4 is 0 Å². The quantitative estimate of drug-likeness (QED) is 0.739. The second-order valence-electron chi connectivity index (χ2n) is 8.42. The van der Waals surface area contributed by atoms with E-state index in [1.165, 1.54) is 12.8 Å². The molecule has 6 nitrogen and oxygen atoms in total. The van der Waals surface area contributed by atoms with Crippen molar-refractivity contribution in [3.8, 4) is 0 Å². The lowest BCUT2D eigenvalue weighted by Crippen LogP contribution is -2.51. The molecule has 0 radical (unpaired) electrons. The van der Waals surface area contributed by atoms with E-state index in [1.54, 1.807) is 4.90 Å². The van der Waals surface area contributed by atoms with Gasteiger partial charge in [-0.1, -0.05) is 12.8 Å². The van der Waals surface area contributed by atoms with Gasteiger partial charge in [0.05, 0.1) is 12.1 Å². The molecule has 2 aliphatic heterocycles. The number of likely N-dealkylation sites (tertiary alicyclic amines) is 1. The Bertz CT molecular complexity index is 494. The van der Waals surface area contributed by atoms with Crippen LogP contribution in [0.1, 0.15) is 59.3 Å². The molecule has 6 heteroatoms. The highest BCUT2D eigenvalue weighted by Crippen LogP contribution is 2.36. The minimum Gasteiger partial charge on any atom is -0.444 e. The van der Waals surface area contributed by atoms with E-state index in [0.29, 0.717) is 25.2 Å². The number of carbonyl (C=O) groups excluding carboxylic acids is 2. The van der Waals surface area contributed by atoms with Gasteiger partial charge in [0.2, 0.25) is 0 Å². The molecule has 2 heterocycles. The predicted octanol–water partition coefficient (Wildman–Crippen LogP) is 3.06. The van der Waals surface area contributed by atoms with Crippen molar-refractivity contribution in [3.05, 3.63) is 0 Å². The van der Waals surface area contributed by atoms with Gasteiger partial charge < -0.3 is 19.4 Å². The SMILES string of the molecule is CN1C(=O)N(C2CCN(C(=O)OC(C)(C)C)CC2)[C@H]2CCCC[C@@H]21. The number of amides is 3. The maximum absolute atomic E-state index is 12.7. The van der Waals surface area contributed by atoms with Gasteiger partial charge in [0.15, 0.2) is 0 Å². The van der Waals surface area contributed by atoms with Crippen molar-refractivity contribution in [2.45, 2.75) is 83.0 Å². The van der Waals surface area contributed by atoms with Gasteiger partial charge in [-0.15, -0.1) is 0 Å². The second kappa shape index (κ2) is 6.45. The van der Waals surface area contributed by atoms with Crippen molar-refractivity contribution in [1.29, 1.82) is 0 Å². The molecule has 0 aromatic heterocycles. The van der Waals surface area contributed by atoms with Crippen LogP contribution in [-0.2, 0) is 4.74 Å². The molecule has 0 bridgehead atoms. The van der Waals surface area contributed by atoms with Gasteiger partial charge in [0.1, 0.15) is 5.60 Å². The highest BCUT2D eigenvalue weighted by atomic mass is 16.6. The molecule has 1 saturated carbocycles. The molecular weight excluding hydrogens is 306 g/mol. The molecule has 3 amide bonds. The number of nitrogens with zero attached hydrogens (tertiary/aromatic N) is 3. The zero-order valence-electron chi connectivity index (χ0n) is 15.5. The van der Waals surface area contributed by atoms with Gasteiger partial charge in [-0.25, -0.2) is 9.59 Å². The fourth-order valence-electron chi connectivity index (χ4n) is 4.41. The molecule has 0 aromatic rings. The summed E-state index contributed by atoms with van der Waals surface area (Å²) in [5.74, 6) is 0. The number of likely N-dealkylation sites (N-methyl/N-ethyl adjacent to an activating group) is 1. The van der Waals surface area contributed by atoms with Gasteiger partial charge >= 0.3 is 12.1 Å². The summed E-state index contributed by atoms with van der Waals surface area (Å²) in [4.78, 5) is 30.8. The number of piperidine rings is 1. The highest BCUT2D eigenvalue weighted by molar-refractivity contribution is 5.78. The standard InChI is InChI=1S/C18H31N3O3/c1-18(2,3)24-17(23)20-11-9-13(10-12-20)21-15-8-6-5-7-14(15)19(4)16(21)22/h13-15H,5-12H2,1-4H3/t14-,15-/m0/s1. The highest BCUT2D eigenvalue weighted by Gasteiger charge is 2.47. The second-order valence-corrected chi connectivity index (χ2v) is 8.42. The van der Waals surface area contributed by atoms with E-state index in [2.05, 4.69) is 4.90 Å². The van der Waals surface area contributed by atoms with Gasteiger partial charge in [-0.2, -0.15) is 0 Å². The summed E-state index contributed by atoms with van der Waals surface area (Å²) in [6.07, 6.45) is 6.15. The first-order valence-corrected chi connectivity index (χ1v) is 9.31. The van der Waals surface area contributed by atoms with Crippen molar-refractivity contribution < 1.29 is 14.3 Å². The lowest BCUT2D eigenvalue weighted by Gasteiger charge is -2.40. The molecule has 0 N–H and O–H groups in total. The van der Waals surface area contributed by atoms with Crippen LogP contribution in [-0.4, -0.2) is 70.7 Å². The predicted molar refractivity (Wildman–Crippen MR) is 91.9 cm³/mol. The minimum absolute atomic E-state index is 0.183. The Hall–Kier alpha value is -1.46. The van der Waals surface area contributed by atoms with Gasteiger partial charge in [-0.3, -0.25) is 0 Å². The molecule has 3 rings (SSSR count). The summed E-state index contributed by atoms with van der Waals surface area (Å²) >= 11 is 0. The van der Waals surface area contributed by atoms with Crippen molar-refractivity contribution in [2.24, 2.45) is 0 Å². The van der Waals surface area contributed by atoms with E-state index in [0.717, 1.165) is 25.7 Å². The van der Waals surface area contributed by atoms with Crippen LogP contribution >= 0.6 is 0 Å². The van der Waals surface area contributed by atoms with Crippen LogP contribution in [0.5, 0.6) is 0 Å². The summed E-state index contributed by atoms with van der Waals surface area (Å²) in [6, 6.07) is 1.19. The number of urea groups is 1. The average molecular weight is 337 g/mol.